The van der Waals surface area contributed by atoms with Crippen molar-refractivity contribution in [1.29, 1.82) is 0 Å². The third-order valence-electron chi connectivity index (χ3n) is 5.12. The topological polar surface area (TPSA) is 46.2 Å². The number of methoxy groups -OCH3 is 1. The quantitative estimate of drug-likeness (QED) is 0.571. The molecule has 1 aliphatic rings. The standard InChI is InChI=1S/C19H26O5Si/c1-18(2)17(16-12-11-14-9-7-8-10-15(14)13-16)23-19(18,20-3)24-25(6,21-4)22-5/h7-13,17H,1-6H3. The second-order valence-electron chi connectivity index (χ2n) is 6.96. The first kappa shape index (κ1) is 18.5. The van der Waals surface area contributed by atoms with Crippen molar-refractivity contribution in [2.75, 3.05) is 21.3 Å². The Morgan fingerprint density at radius 1 is 0.960 bits per heavy atom. The summed E-state index contributed by atoms with van der Waals surface area (Å²) in [4.78, 5) is 0. The van der Waals surface area contributed by atoms with Crippen LogP contribution in [0, 0.1) is 5.41 Å². The minimum atomic E-state index is -2.84. The van der Waals surface area contributed by atoms with Gasteiger partial charge in [-0.2, -0.15) is 0 Å². The molecule has 0 radical (unpaired) electrons. The van der Waals surface area contributed by atoms with Crippen LogP contribution in [0.4, 0.5) is 0 Å². The number of hydrogen-bond donors (Lipinski definition) is 0. The Morgan fingerprint density at radius 2 is 1.60 bits per heavy atom. The summed E-state index contributed by atoms with van der Waals surface area (Å²) in [7, 11) is 1.90. The first-order chi connectivity index (χ1) is 11.8. The van der Waals surface area contributed by atoms with Crippen LogP contribution in [0.1, 0.15) is 25.5 Å². The third-order valence-corrected chi connectivity index (χ3v) is 7.25. The van der Waals surface area contributed by atoms with Crippen LogP contribution in [-0.2, 0) is 22.8 Å². The molecule has 5 nitrogen and oxygen atoms in total. The molecule has 6 heteroatoms. The lowest BCUT2D eigenvalue weighted by molar-refractivity contribution is -0.504. The zero-order chi connectivity index (χ0) is 18.3. The molecular weight excluding hydrogens is 336 g/mol. The minimum absolute atomic E-state index is 0.149. The lowest BCUT2D eigenvalue weighted by atomic mass is 9.74. The minimum Gasteiger partial charge on any atom is -0.377 e. The van der Waals surface area contributed by atoms with Crippen molar-refractivity contribution in [3.8, 4) is 0 Å². The summed E-state index contributed by atoms with van der Waals surface area (Å²) in [5.41, 5.74) is 0.674. The zero-order valence-corrected chi connectivity index (χ0v) is 16.7. The highest BCUT2D eigenvalue weighted by atomic mass is 28.4. The van der Waals surface area contributed by atoms with Crippen molar-refractivity contribution in [3.05, 3.63) is 48.0 Å². The van der Waals surface area contributed by atoms with Crippen LogP contribution in [0.5, 0.6) is 0 Å². The molecule has 25 heavy (non-hydrogen) atoms. The molecule has 0 N–H and O–H groups in total. The summed E-state index contributed by atoms with van der Waals surface area (Å²) < 4.78 is 28.8. The van der Waals surface area contributed by atoms with Gasteiger partial charge in [0.1, 0.15) is 6.10 Å². The average molecular weight is 362 g/mol. The van der Waals surface area contributed by atoms with E-state index in [-0.39, 0.29) is 6.10 Å². The van der Waals surface area contributed by atoms with Gasteiger partial charge in [-0.3, -0.25) is 0 Å². The molecule has 0 aliphatic carbocycles. The Bertz CT molecular complexity index is 758. The number of fused-ring (bicyclic) bond motifs is 1. The van der Waals surface area contributed by atoms with E-state index in [1.54, 1.807) is 21.3 Å². The van der Waals surface area contributed by atoms with Gasteiger partial charge in [-0.05, 0) is 36.2 Å². The van der Waals surface area contributed by atoms with Crippen molar-refractivity contribution in [3.63, 3.8) is 0 Å². The molecule has 0 saturated carbocycles. The van der Waals surface area contributed by atoms with E-state index < -0.39 is 20.2 Å². The normalized spacial score (nSPS) is 25.8. The lowest BCUT2D eigenvalue weighted by Crippen LogP contribution is -2.68. The molecule has 2 atom stereocenters. The summed E-state index contributed by atoms with van der Waals surface area (Å²) in [5, 5.41) is 2.39. The van der Waals surface area contributed by atoms with Gasteiger partial charge in [0, 0.05) is 27.9 Å². The molecule has 136 valence electrons. The first-order valence-electron chi connectivity index (χ1n) is 8.33. The van der Waals surface area contributed by atoms with Gasteiger partial charge in [-0.1, -0.05) is 36.4 Å². The fraction of sp³-hybridized carbons (Fsp3) is 0.474. The van der Waals surface area contributed by atoms with Gasteiger partial charge in [0.2, 0.25) is 0 Å². The number of ether oxygens (including phenoxy) is 2. The van der Waals surface area contributed by atoms with Gasteiger partial charge in [-0.15, -0.1) is 0 Å². The van der Waals surface area contributed by atoms with Crippen molar-refractivity contribution in [1.82, 2.24) is 0 Å². The van der Waals surface area contributed by atoms with Crippen LogP contribution in [0.2, 0.25) is 6.55 Å². The largest absolute Gasteiger partial charge is 0.501 e. The van der Waals surface area contributed by atoms with E-state index in [9.17, 15) is 0 Å². The third kappa shape index (κ3) is 2.93. The van der Waals surface area contributed by atoms with E-state index in [1.165, 1.54) is 10.8 Å². The average Bonchev–Trinajstić information content (AvgIpc) is 2.64. The molecule has 0 amide bonds. The second kappa shape index (κ2) is 6.46. The fourth-order valence-electron chi connectivity index (χ4n) is 3.33. The van der Waals surface area contributed by atoms with Crippen molar-refractivity contribution in [2.24, 2.45) is 5.41 Å². The molecule has 0 aromatic heterocycles. The van der Waals surface area contributed by atoms with Crippen LogP contribution in [0.25, 0.3) is 10.8 Å². The Hall–Kier alpha value is -1.28. The number of rotatable bonds is 6. The molecule has 1 fully saturated rings. The maximum atomic E-state index is 6.16. The lowest BCUT2D eigenvalue weighted by Gasteiger charge is -2.59. The fourth-order valence-corrected chi connectivity index (χ4v) is 4.55. The van der Waals surface area contributed by atoms with E-state index in [0.717, 1.165) is 5.56 Å². The Morgan fingerprint density at radius 3 is 2.16 bits per heavy atom. The Kier molecular flexibility index (Phi) is 4.78. The molecule has 3 rings (SSSR count). The Labute approximate surface area is 150 Å². The van der Waals surface area contributed by atoms with Crippen molar-refractivity contribution >= 4 is 19.6 Å². The van der Waals surface area contributed by atoms with Gasteiger partial charge >= 0.3 is 8.80 Å². The van der Waals surface area contributed by atoms with E-state index in [1.807, 2.05) is 18.7 Å². The monoisotopic (exact) mass is 362 g/mol. The maximum absolute atomic E-state index is 6.16. The summed E-state index contributed by atoms with van der Waals surface area (Å²) in [6.07, 6.45) is -0.149. The molecule has 2 aromatic rings. The molecule has 1 saturated heterocycles. The van der Waals surface area contributed by atoms with Crippen molar-refractivity contribution in [2.45, 2.75) is 32.5 Å². The molecule has 0 spiro atoms. The molecule has 2 aromatic carbocycles. The van der Waals surface area contributed by atoms with Crippen LogP contribution in [-0.4, -0.2) is 36.1 Å². The highest BCUT2D eigenvalue weighted by Crippen LogP contribution is 2.59. The number of hydrogen-bond acceptors (Lipinski definition) is 5. The summed E-state index contributed by atoms with van der Waals surface area (Å²) >= 11 is 0. The zero-order valence-electron chi connectivity index (χ0n) is 15.7. The van der Waals surface area contributed by atoms with Crippen LogP contribution >= 0.6 is 0 Å². The van der Waals surface area contributed by atoms with Crippen molar-refractivity contribution < 1.29 is 22.8 Å². The Balaban J connectivity index is 1.90. The maximum Gasteiger partial charge on any atom is 0.501 e. The van der Waals surface area contributed by atoms with Crippen LogP contribution in [0.3, 0.4) is 0 Å². The van der Waals surface area contributed by atoms with Gasteiger partial charge < -0.3 is 22.8 Å². The van der Waals surface area contributed by atoms with Crippen LogP contribution < -0.4 is 0 Å². The highest BCUT2D eigenvalue weighted by Gasteiger charge is 2.67. The first-order valence-corrected chi connectivity index (χ1v) is 10.6. The smallest absolute Gasteiger partial charge is 0.377 e. The van der Waals surface area contributed by atoms with E-state index in [0.29, 0.717) is 0 Å². The second-order valence-corrected chi connectivity index (χ2v) is 9.70. The summed E-state index contributed by atoms with van der Waals surface area (Å²) in [6, 6.07) is 14.6. The number of benzene rings is 2. The molecule has 1 heterocycles. The molecule has 2 unspecified atom stereocenters. The van der Waals surface area contributed by atoms with E-state index in [4.69, 9.17) is 22.8 Å². The predicted molar refractivity (Wildman–Crippen MR) is 98.0 cm³/mol. The molecule has 0 bridgehead atoms. The summed E-state index contributed by atoms with van der Waals surface area (Å²) in [5.74, 6) is -1.20. The van der Waals surface area contributed by atoms with Crippen LogP contribution in [0.15, 0.2) is 42.5 Å². The SMILES string of the molecule is COC1(O[Si](C)(OC)OC)OC(c2ccc3ccccc3c2)C1(C)C. The highest BCUT2D eigenvalue weighted by molar-refractivity contribution is 6.59. The van der Waals surface area contributed by atoms with E-state index in [2.05, 4.69) is 44.2 Å². The van der Waals surface area contributed by atoms with Gasteiger partial charge in [-0.25, -0.2) is 0 Å². The van der Waals surface area contributed by atoms with E-state index >= 15 is 0 Å². The van der Waals surface area contributed by atoms with Gasteiger partial charge in [0.15, 0.2) is 0 Å². The van der Waals surface area contributed by atoms with Gasteiger partial charge in [0.25, 0.3) is 5.97 Å². The van der Waals surface area contributed by atoms with Gasteiger partial charge in [0.05, 0.1) is 5.41 Å². The molecular formula is C19H26O5Si. The predicted octanol–water partition coefficient (Wildman–Crippen LogP) is 4.12. The summed E-state index contributed by atoms with van der Waals surface area (Å²) in [6.45, 7) is 5.95. The molecule has 1 aliphatic heterocycles.